The topological polar surface area (TPSA) is 129 Å². The minimum atomic E-state index is -1.17. The Balaban J connectivity index is 1.51. The molecule has 0 saturated carbocycles. The molecule has 178 valence electrons. The van der Waals surface area contributed by atoms with Crippen molar-refractivity contribution in [2.45, 2.75) is 12.5 Å². The highest BCUT2D eigenvalue weighted by Crippen LogP contribution is 2.18. The van der Waals surface area contributed by atoms with Crippen molar-refractivity contribution in [1.29, 1.82) is 0 Å². The van der Waals surface area contributed by atoms with Crippen molar-refractivity contribution in [1.82, 2.24) is 20.5 Å². The second-order valence-electron chi connectivity index (χ2n) is 8.14. The van der Waals surface area contributed by atoms with Crippen LogP contribution in [0.25, 0.3) is 10.8 Å². The summed E-state index contributed by atoms with van der Waals surface area (Å²) in [7, 11) is 0. The molecule has 0 radical (unpaired) electrons. The maximum absolute atomic E-state index is 13.1. The molecule has 3 N–H and O–H groups in total. The van der Waals surface area contributed by atoms with Crippen LogP contribution in [0, 0.1) is 0 Å². The van der Waals surface area contributed by atoms with E-state index in [0.29, 0.717) is 16.5 Å². The summed E-state index contributed by atoms with van der Waals surface area (Å²) >= 11 is 0. The summed E-state index contributed by atoms with van der Waals surface area (Å²) in [6.45, 7) is -0.358. The van der Waals surface area contributed by atoms with Crippen molar-refractivity contribution in [2.75, 3.05) is 19.6 Å². The van der Waals surface area contributed by atoms with E-state index in [2.05, 4.69) is 15.6 Å². The fourth-order valence-corrected chi connectivity index (χ4v) is 3.95. The quantitative estimate of drug-likeness (QED) is 0.451. The van der Waals surface area contributed by atoms with Gasteiger partial charge in [0.1, 0.15) is 18.3 Å². The summed E-state index contributed by atoms with van der Waals surface area (Å²) in [6, 6.07) is 16.8. The van der Waals surface area contributed by atoms with E-state index < -0.39 is 30.4 Å². The second kappa shape index (κ2) is 10.6. The minimum Gasteiger partial charge on any atom is -0.480 e. The molecule has 0 saturated heterocycles. The molecular formula is C26H24N4O5. The average molecular weight is 473 g/mol. The highest BCUT2D eigenvalue weighted by atomic mass is 16.4. The molecule has 1 aliphatic heterocycles. The molecule has 2 heterocycles. The third-order valence-electron chi connectivity index (χ3n) is 5.68. The average Bonchev–Trinajstić information content (AvgIpc) is 3.01. The molecule has 0 unspecified atom stereocenters. The molecule has 35 heavy (non-hydrogen) atoms. The van der Waals surface area contributed by atoms with Gasteiger partial charge in [0.05, 0.1) is 0 Å². The van der Waals surface area contributed by atoms with Gasteiger partial charge in [-0.05, 0) is 35.6 Å². The maximum Gasteiger partial charge on any atom is 0.323 e. The predicted molar refractivity (Wildman–Crippen MR) is 129 cm³/mol. The molecule has 0 bridgehead atoms. The monoisotopic (exact) mass is 472 g/mol. The number of carbonyl (C=O) groups is 4. The normalized spacial score (nSPS) is 15.8. The van der Waals surface area contributed by atoms with Gasteiger partial charge in [0.15, 0.2) is 0 Å². The number of nitrogens with one attached hydrogen (secondary N) is 2. The number of carboxylic acids is 1. The second-order valence-corrected chi connectivity index (χ2v) is 8.14. The van der Waals surface area contributed by atoms with Gasteiger partial charge in [-0.25, -0.2) is 0 Å². The zero-order valence-electron chi connectivity index (χ0n) is 18.8. The zero-order chi connectivity index (χ0) is 24.8. The van der Waals surface area contributed by atoms with Crippen molar-refractivity contribution < 1.29 is 24.3 Å². The molecule has 9 nitrogen and oxygen atoms in total. The number of nitrogens with zero attached hydrogens (tertiary/aromatic N) is 2. The number of hydrogen-bond donors (Lipinski definition) is 3. The highest BCUT2D eigenvalue weighted by Gasteiger charge is 2.30. The van der Waals surface area contributed by atoms with Crippen LogP contribution in [0.1, 0.15) is 27.3 Å². The third kappa shape index (κ3) is 5.70. The summed E-state index contributed by atoms with van der Waals surface area (Å²) in [5.41, 5.74) is 1.35. The van der Waals surface area contributed by atoms with Crippen LogP contribution in [0.2, 0.25) is 0 Å². The number of aliphatic carboxylic acids is 1. The summed E-state index contributed by atoms with van der Waals surface area (Å²) in [5.74, 6) is -2.49. The van der Waals surface area contributed by atoms with Crippen molar-refractivity contribution in [2.24, 2.45) is 0 Å². The van der Waals surface area contributed by atoms with Crippen LogP contribution in [0.3, 0.4) is 0 Å². The van der Waals surface area contributed by atoms with E-state index in [1.807, 2.05) is 18.2 Å². The van der Waals surface area contributed by atoms with E-state index in [1.165, 1.54) is 6.20 Å². The number of aromatic nitrogens is 1. The lowest BCUT2D eigenvalue weighted by Crippen LogP contribution is -2.49. The van der Waals surface area contributed by atoms with E-state index >= 15 is 0 Å². The lowest BCUT2D eigenvalue weighted by atomic mass is 10.1. The number of pyridine rings is 1. The van der Waals surface area contributed by atoms with Crippen molar-refractivity contribution >= 4 is 34.5 Å². The first-order valence-corrected chi connectivity index (χ1v) is 11.1. The first kappa shape index (κ1) is 23.6. The van der Waals surface area contributed by atoms with Crippen LogP contribution in [0.5, 0.6) is 0 Å². The first-order chi connectivity index (χ1) is 16.9. The van der Waals surface area contributed by atoms with Gasteiger partial charge in [0, 0.05) is 30.2 Å². The first-order valence-electron chi connectivity index (χ1n) is 11.1. The van der Waals surface area contributed by atoms with Gasteiger partial charge in [0.2, 0.25) is 5.91 Å². The minimum absolute atomic E-state index is 0.0269. The summed E-state index contributed by atoms with van der Waals surface area (Å²) < 4.78 is 0. The summed E-state index contributed by atoms with van der Waals surface area (Å²) in [6.07, 6.45) is 3.44. The van der Waals surface area contributed by atoms with Gasteiger partial charge in [-0.3, -0.25) is 24.2 Å². The Hall–Kier alpha value is -4.53. The summed E-state index contributed by atoms with van der Waals surface area (Å²) in [5, 5.41) is 16.3. The molecule has 3 amide bonds. The van der Waals surface area contributed by atoms with Gasteiger partial charge in [-0.1, -0.05) is 48.5 Å². The largest absolute Gasteiger partial charge is 0.480 e. The predicted octanol–water partition coefficient (Wildman–Crippen LogP) is 2.01. The van der Waals surface area contributed by atoms with Crippen LogP contribution in [-0.2, 0) is 9.59 Å². The molecule has 0 fully saturated rings. The fourth-order valence-electron chi connectivity index (χ4n) is 3.95. The third-order valence-corrected chi connectivity index (χ3v) is 5.68. The number of amides is 3. The van der Waals surface area contributed by atoms with Gasteiger partial charge in [0.25, 0.3) is 11.8 Å². The van der Waals surface area contributed by atoms with Gasteiger partial charge < -0.3 is 20.6 Å². The molecule has 1 aliphatic rings. The molecule has 4 rings (SSSR count). The number of benzene rings is 2. The van der Waals surface area contributed by atoms with Crippen LogP contribution in [-0.4, -0.2) is 64.4 Å². The number of carboxylic acid groups (broad SMARTS) is 1. The lowest BCUT2D eigenvalue weighted by molar-refractivity contribution is -0.144. The van der Waals surface area contributed by atoms with Gasteiger partial charge >= 0.3 is 5.97 Å². The Morgan fingerprint density at radius 3 is 2.51 bits per heavy atom. The van der Waals surface area contributed by atoms with E-state index in [4.69, 9.17) is 0 Å². The van der Waals surface area contributed by atoms with Crippen molar-refractivity contribution in [3.63, 3.8) is 0 Å². The fraction of sp³-hybridized carbons (Fsp3) is 0.192. The van der Waals surface area contributed by atoms with Crippen LogP contribution in [0.15, 0.2) is 78.5 Å². The van der Waals surface area contributed by atoms with E-state index in [0.717, 1.165) is 10.3 Å². The molecule has 0 aliphatic carbocycles. The molecule has 2 aromatic carbocycles. The van der Waals surface area contributed by atoms with Crippen LogP contribution >= 0.6 is 0 Å². The van der Waals surface area contributed by atoms with E-state index in [1.54, 1.807) is 48.5 Å². The standard InChI is InChI=1S/C26H24N4O5/c31-22(32)16-30-15-17(14-28-24(33)19-7-2-1-3-8-19)10-11-21(26(30)35)29-25(34)23-20-9-5-4-6-18(20)12-13-27-23/h1-10,12-13,21H,11,14-16H2,(H,28,33)(H,29,34)(H,31,32)/t21-/m0/s1. The zero-order valence-corrected chi connectivity index (χ0v) is 18.8. The maximum atomic E-state index is 13.1. The Morgan fingerprint density at radius 2 is 1.74 bits per heavy atom. The number of hydrogen-bond acceptors (Lipinski definition) is 5. The van der Waals surface area contributed by atoms with Gasteiger partial charge in [-0.2, -0.15) is 0 Å². The summed E-state index contributed by atoms with van der Waals surface area (Å²) in [4.78, 5) is 55.3. The number of rotatable bonds is 7. The lowest BCUT2D eigenvalue weighted by Gasteiger charge is -2.24. The van der Waals surface area contributed by atoms with Crippen molar-refractivity contribution in [3.05, 3.63) is 89.8 Å². The molecule has 1 atom stereocenters. The number of carbonyl (C=O) groups excluding carboxylic acids is 3. The smallest absolute Gasteiger partial charge is 0.323 e. The Bertz CT molecular complexity index is 1300. The van der Waals surface area contributed by atoms with E-state index in [9.17, 15) is 24.3 Å². The Kier molecular flexibility index (Phi) is 7.15. The molecule has 9 heteroatoms. The highest BCUT2D eigenvalue weighted by molar-refractivity contribution is 6.06. The molecule has 3 aromatic rings. The van der Waals surface area contributed by atoms with E-state index in [-0.39, 0.29) is 31.1 Å². The van der Waals surface area contributed by atoms with Gasteiger partial charge in [-0.15, -0.1) is 0 Å². The van der Waals surface area contributed by atoms with Crippen LogP contribution in [0.4, 0.5) is 0 Å². The Labute approximate surface area is 201 Å². The molecular weight excluding hydrogens is 448 g/mol. The molecule has 1 aromatic heterocycles. The molecule has 0 spiro atoms. The van der Waals surface area contributed by atoms with Crippen LogP contribution < -0.4 is 10.6 Å². The number of fused-ring (bicyclic) bond motifs is 1. The van der Waals surface area contributed by atoms with Crippen molar-refractivity contribution in [3.8, 4) is 0 Å². The Morgan fingerprint density at radius 1 is 1.00 bits per heavy atom. The SMILES string of the molecule is O=C(O)CN1CC(CNC(=O)c2ccccc2)=CC[C@H](NC(=O)c2nccc3ccccc23)C1=O.